The van der Waals surface area contributed by atoms with Crippen molar-refractivity contribution >= 4 is 27.9 Å². The van der Waals surface area contributed by atoms with Crippen LogP contribution in [0.25, 0.3) is 33.1 Å². The van der Waals surface area contributed by atoms with E-state index in [2.05, 4.69) is 36.1 Å². The molecule has 0 saturated heterocycles. The molecule has 31 heavy (non-hydrogen) atoms. The molecule has 2 N–H and O–H groups in total. The molecule has 1 saturated carbocycles. The maximum atomic E-state index is 12.4. The van der Waals surface area contributed by atoms with Crippen LogP contribution in [0.2, 0.25) is 0 Å². The third-order valence-electron chi connectivity index (χ3n) is 5.65. The molecule has 5 rings (SSSR count). The zero-order valence-corrected chi connectivity index (χ0v) is 16.5. The van der Waals surface area contributed by atoms with Gasteiger partial charge < -0.3 is 10.3 Å². The highest BCUT2D eigenvalue weighted by Crippen LogP contribution is 2.31. The topological polar surface area (TPSA) is 75.7 Å². The van der Waals surface area contributed by atoms with Crippen LogP contribution >= 0.6 is 0 Å². The molecular formula is C22H20F3N5O. The van der Waals surface area contributed by atoms with Gasteiger partial charge in [0.1, 0.15) is 5.65 Å². The number of pyridine rings is 1. The summed E-state index contributed by atoms with van der Waals surface area (Å²) in [7, 11) is 0. The van der Waals surface area contributed by atoms with Gasteiger partial charge in [-0.05, 0) is 49.4 Å². The Kier molecular flexibility index (Phi) is 4.97. The normalized spacial score (nSPS) is 19.7. The zero-order valence-electron chi connectivity index (χ0n) is 16.5. The number of halogens is 3. The van der Waals surface area contributed by atoms with Crippen LogP contribution in [0.4, 0.5) is 19.1 Å². The maximum Gasteiger partial charge on any atom is 0.522 e. The average molecular weight is 427 g/mol. The smallest absolute Gasteiger partial charge is 0.351 e. The van der Waals surface area contributed by atoms with Gasteiger partial charge in [-0.3, -0.25) is 9.72 Å². The Morgan fingerprint density at radius 2 is 1.90 bits per heavy atom. The minimum atomic E-state index is -4.58. The van der Waals surface area contributed by atoms with Gasteiger partial charge in [0.25, 0.3) is 0 Å². The Hall–Kier alpha value is -3.20. The standard InChI is InChI=1S/C22H20F3N5O/c23-22(24,25)31-16-6-4-15(5-7-16)29-21-28-12-18-17(11-27-20(18)30-21)13-3-8-19-14(10-13)2-1-9-26-19/h1-3,8-12,15-16H,4-7H2,(H2,27,28,29,30). The van der Waals surface area contributed by atoms with Gasteiger partial charge >= 0.3 is 6.36 Å². The Morgan fingerprint density at radius 1 is 1.06 bits per heavy atom. The first-order chi connectivity index (χ1) is 14.9. The number of ether oxygens (including phenoxy) is 1. The molecule has 160 valence electrons. The Balaban J connectivity index is 1.30. The van der Waals surface area contributed by atoms with E-state index < -0.39 is 12.5 Å². The number of nitrogens with one attached hydrogen (secondary N) is 2. The van der Waals surface area contributed by atoms with Crippen LogP contribution < -0.4 is 5.32 Å². The van der Waals surface area contributed by atoms with Crippen LogP contribution in [0.1, 0.15) is 25.7 Å². The lowest BCUT2D eigenvalue weighted by Crippen LogP contribution is -2.33. The van der Waals surface area contributed by atoms with Gasteiger partial charge in [-0.15, -0.1) is 13.2 Å². The molecule has 1 aliphatic carbocycles. The van der Waals surface area contributed by atoms with Gasteiger partial charge in [-0.1, -0.05) is 12.1 Å². The van der Waals surface area contributed by atoms with Crippen molar-refractivity contribution in [1.82, 2.24) is 19.9 Å². The number of rotatable bonds is 4. The van der Waals surface area contributed by atoms with E-state index in [4.69, 9.17) is 0 Å². The second-order valence-electron chi connectivity index (χ2n) is 7.75. The number of aromatic nitrogens is 4. The van der Waals surface area contributed by atoms with Crippen molar-refractivity contribution in [2.75, 3.05) is 5.32 Å². The quantitative estimate of drug-likeness (QED) is 0.454. The molecule has 0 aliphatic heterocycles. The molecule has 0 amide bonds. The number of hydrogen-bond acceptors (Lipinski definition) is 5. The molecule has 0 unspecified atom stereocenters. The molecule has 0 spiro atoms. The molecule has 4 aromatic rings. The molecule has 0 radical (unpaired) electrons. The summed E-state index contributed by atoms with van der Waals surface area (Å²) >= 11 is 0. The van der Waals surface area contributed by atoms with Gasteiger partial charge in [0.05, 0.1) is 11.6 Å². The van der Waals surface area contributed by atoms with Crippen LogP contribution in [0.15, 0.2) is 48.9 Å². The van der Waals surface area contributed by atoms with Crippen LogP contribution in [0.5, 0.6) is 0 Å². The number of anilines is 1. The summed E-state index contributed by atoms with van der Waals surface area (Å²) in [5, 5.41) is 5.20. The number of benzene rings is 1. The maximum absolute atomic E-state index is 12.4. The number of aromatic amines is 1. The Labute approximate surface area is 175 Å². The fraction of sp³-hybridized carbons (Fsp3) is 0.318. The lowest BCUT2D eigenvalue weighted by Gasteiger charge is -2.29. The minimum absolute atomic E-state index is 0.0213. The predicted molar refractivity (Wildman–Crippen MR) is 111 cm³/mol. The van der Waals surface area contributed by atoms with Gasteiger partial charge in [0.2, 0.25) is 5.95 Å². The van der Waals surface area contributed by atoms with E-state index in [9.17, 15) is 13.2 Å². The third-order valence-corrected chi connectivity index (χ3v) is 5.65. The van der Waals surface area contributed by atoms with Crippen LogP contribution in [0.3, 0.4) is 0 Å². The summed E-state index contributed by atoms with van der Waals surface area (Å²) in [6.07, 6.45) is 1.93. The highest BCUT2D eigenvalue weighted by molar-refractivity contribution is 5.96. The van der Waals surface area contributed by atoms with E-state index in [1.165, 1.54) is 0 Å². The summed E-state index contributed by atoms with van der Waals surface area (Å²) in [6, 6.07) is 10.0. The molecule has 9 heteroatoms. The van der Waals surface area contributed by atoms with E-state index in [-0.39, 0.29) is 6.04 Å². The van der Waals surface area contributed by atoms with Crippen molar-refractivity contribution in [3.8, 4) is 11.1 Å². The lowest BCUT2D eigenvalue weighted by molar-refractivity contribution is -0.345. The largest absolute Gasteiger partial charge is 0.522 e. The van der Waals surface area contributed by atoms with Crippen molar-refractivity contribution in [2.45, 2.75) is 44.2 Å². The molecule has 0 bridgehead atoms. The Morgan fingerprint density at radius 3 is 2.71 bits per heavy atom. The third kappa shape index (κ3) is 4.32. The average Bonchev–Trinajstić information content (AvgIpc) is 3.17. The van der Waals surface area contributed by atoms with Gasteiger partial charge in [-0.2, -0.15) is 4.98 Å². The monoisotopic (exact) mass is 427 g/mol. The van der Waals surface area contributed by atoms with Crippen molar-refractivity contribution < 1.29 is 17.9 Å². The first kappa shape index (κ1) is 19.7. The van der Waals surface area contributed by atoms with Crippen molar-refractivity contribution in [1.29, 1.82) is 0 Å². The number of alkyl halides is 3. The van der Waals surface area contributed by atoms with Crippen LogP contribution in [-0.2, 0) is 4.74 Å². The van der Waals surface area contributed by atoms with E-state index in [0.29, 0.717) is 37.3 Å². The summed E-state index contributed by atoms with van der Waals surface area (Å²) in [4.78, 5) is 16.5. The zero-order chi connectivity index (χ0) is 21.4. The minimum Gasteiger partial charge on any atom is -0.351 e. The molecule has 3 aromatic heterocycles. The summed E-state index contributed by atoms with van der Waals surface area (Å²) < 4.78 is 41.2. The molecule has 1 aromatic carbocycles. The predicted octanol–water partition coefficient (Wildman–Crippen LogP) is 5.43. The van der Waals surface area contributed by atoms with Crippen molar-refractivity contribution in [3.63, 3.8) is 0 Å². The van der Waals surface area contributed by atoms with Crippen molar-refractivity contribution in [2.24, 2.45) is 0 Å². The highest BCUT2D eigenvalue weighted by Gasteiger charge is 2.35. The van der Waals surface area contributed by atoms with Crippen molar-refractivity contribution in [3.05, 3.63) is 48.9 Å². The number of fused-ring (bicyclic) bond motifs is 2. The molecule has 6 nitrogen and oxygen atoms in total. The fourth-order valence-corrected chi connectivity index (χ4v) is 4.16. The molecule has 3 heterocycles. The second kappa shape index (κ2) is 7.81. The molecule has 1 fully saturated rings. The van der Waals surface area contributed by atoms with E-state index >= 15 is 0 Å². The van der Waals surface area contributed by atoms with E-state index in [0.717, 1.165) is 27.4 Å². The molecule has 1 aliphatic rings. The van der Waals surface area contributed by atoms with Crippen LogP contribution in [-0.4, -0.2) is 38.4 Å². The number of H-pyrrole nitrogens is 1. The van der Waals surface area contributed by atoms with Gasteiger partial charge in [-0.25, -0.2) is 4.98 Å². The number of nitrogens with zero attached hydrogens (tertiary/aromatic N) is 3. The Bertz CT molecular complexity index is 1210. The van der Waals surface area contributed by atoms with Gasteiger partial charge in [0.15, 0.2) is 0 Å². The second-order valence-corrected chi connectivity index (χ2v) is 7.75. The SMILES string of the molecule is FC(F)(F)OC1CCC(Nc2ncc3c(-c4ccc5ncccc5c4)c[nH]c3n2)CC1. The molecular weight excluding hydrogens is 407 g/mol. The van der Waals surface area contributed by atoms with E-state index in [1.807, 2.05) is 30.5 Å². The van der Waals surface area contributed by atoms with Gasteiger partial charge in [0, 0.05) is 41.0 Å². The summed E-state index contributed by atoms with van der Waals surface area (Å²) in [5.41, 5.74) is 3.67. The summed E-state index contributed by atoms with van der Waals surface area (Å²) in [5.74, 6) is 0.462. The highest BCUT2D eigenvalue weighted by atomic mass is 19.4. The number of hydrogen-bond donors (Lipinski definition) is 2. The molecule has 0 atom stereocenters. The first-order valence-electron chi connectivity index (χ1n) is 10.1. The first-order valence-corrected chi connectivity index (χ1v) is 10.1. The fourth-order valence-electron chi connectivity index (χ4n) is 4.16. The summed E-state index contributed by atoms with van der Waals surface area (Å²) in [6.45, 7) is 0. The van der Waals surface area contributed by atoms with Crippen LogP contribution in [0, 0.1) is 0 Å². The lowest BCUT2D eigenvalue weighted by atomic mass is 9.93. The van der Waals surface area contributed by atoms with E-state index in [1.54, 1.807) is 12.4 Å².